The lowest BCUT2D eigenvalue weighted by Gasteiger charge is -2.40. The summed E-state index contributed by atoms with van der Waals surface area (Å²) in [4.78, 5) is 29.0. The van der Waals surface area contributed by atoms with Gasteiger partial charge in [-0.15, -0.1) is 0 Å². The third-order valence-electron chi connectivity index (χ3n) is 8.97. The van der Waals surface area contributed by atoms with E-state index in [4.69, 9.17) is 14.2 Å². The van der Waals surface area contributed by atoms with Crippen molar-refractivity contribution in [3.8, 4) is 0 Å². The molecular weight excluding hydrogens is 470 g/mol. The van der Waals surface area contributed by atoms with Crippen molar-refractivity contribution in [2.45, 2.75) is 37.4 Å². The Bertz CT molecular complexity index is 1880. The van der Waals surface area contributed by atoms with E-state index in [-0.39, 0.29) is 12.3 Å². The summed E-state index contributed by atoms with van der Waals surface area (Å²) in [5.41, 5.74) is 2.95. The molecule has 2 aromatic heterocycles. The minimum Gasteiger partial charge on any atom is -0.467 e. The van der Waals surface area contributed by atoms with Gasteiger partial charge in [0.25, 0.3) is 5.91 Å². The topological polar surface area (TPSA) is 74.9 Å². The number of fused-ring (bicyclic) bond motifs is 13. The van der Waals surface area contributed by atoms with E-state index in [2.05, 4.69) is 27.3 Å². The quantitative estimate of drug-likeness (QED) is 0.333. The van der Waals surface area contributed by atoms with Crippen molar-refractivity contribution in [2.75, 3.05) is 21.3 Å². The second kappa shape index (κ2) is 6.51. The molecule has 37 heavy (non-hydrogen) atoms. The van der Waals surface area contributed by atoms with Crippen molar-refractivity contribution in [2.24, 2.45) is 0 Å². The standard InChI is InChI=1S/C29H25N3O5/c1-28-29(36-4,27(34)35-3)13-20(37-28)31-18-11-7-5-9-15(18)22-23-17(14-30(2)26(23)33)21-16-10-6-8-12-19(16)32(28)25(21)24(22)31/h5-12,20H,13-14H2,1-4H3/t20-,28-,29+/m1/s1. The summed E-state index contributed by atoms with van der Waals surface area (Å²) in [6.07, 6.45) is -0.251. The molecule has 5 aromatic rings. The Morgan fingerprint density at radius 2 is 1.68 bits per heavy atom. The molecule has 0 radical (unpaired) electrons. The number of methoxy groups -OCH3 is 2. The molecule has 186 valence electrons. The molecule has 3 aliphatic heterocycles. The normalized spacial score (nSPS) is 26.2. The Morgan fingerprint density at radius 3 is 2.38 bits per heavy atom. The maximum absolute atomic E-state index is 13.7. The highest BCUT2D eigenvalue weighted by Crippen LogP contribution is 2.59. The second-order valence-electron chi connectivity index (χ2n) is 10.5. The number of para-hydroxylation sites is 2. The molecule has 0 unspecified atom stereocenters. The molecule has 0 spiro atoms. The van der Waals surface area contributed by atoms with Crippen LogP contribution in [0.5, 0.6) is 0 Å². The summed E-state index contributed by atoms with van der Waals surface area (Å²) in [5, 5.41) is 3.97. The average molecular weight is 496 g/mol. The van der Waals surface area contributed by atoms with Crippen molar-refractivity contribution in [3.63, 3.8) is 0 Å². The molecular formula is C29H25N3O5. The van der Waals surface area contributed by atoms with Crippen molar-refractivity contribution in [1.82, 2.24) is 14.0 Å². The molecule has 0 aliphatic carbocycles. The smallest absolute Gasteiger partial charge is 0.343 e. The van der Waals surface area contributed by atoms with Crippen LogP contribution in [0.2, 0.25) is 0 Å². The second-order valence-corrected chi connectivity index (χ2v) is 10.5. The molecule has 0 N–H and O–H groups in total. The van der Waals surface area contributed by atoms with E-state index in [1.54, 1.807) is 12.0 Å². The number of amides is 1. The molecule has 0 saturated carbocycles. The van der Waals surface area contributed by atoms with Crippen LogP contribution in [0, 0.1) is 0 Å². The van der Waals surface area contributed by atoms with Crippen LogP contribution in [-0.4, -0.2) is 52.8 Å². The van der Waals surface area contributed by atoms with Gasteiger partial charge >= 0.3 is 5.97 Å². The predicted molar refractivity (Wildman–Crippen MR) is 138 cm³/mol. The molecule has 8 heteroatoms. The van der Waals surface area contributed by atoms with Gasteiger partial charge in [0.05, 0.1) is 34.7 Å². The summed E-state index contributed by atoms with van der Waals surface area (Å²) in [6, 6.07) is 16.2. The van der Waals surface area contributed by atoms with Gasteiger partial charge < -0.3 is 28.2 Å². The number of rotatable bonds is 2. The molecule has 1 amide bonds. The molecule has 3 aliphatic rings. The molecule has 8 nitrogen and oxygen atoms in total. The maximum Gasteiger partial charge on any atom is 0.343 e. The number of ether oxygens (including phenoxy) is 3. The maximum atomic E-state index is 13.7. The van der Waals surface area contributed by atoms with Gasteiger partial charge in [-0.25, -0.2) is 4.79 Å². The Kier molecular flexibility index (Phi) is 3.74. The fourth-order valence-electron chi connectivity index (χ4n) is 7.44. The van der Waals surface area contributed by atoms with Crippen LogP contribution in [0.4, 0.5) is 0 Å². The van der Waals surface area contributed by atoms with Crippen molar-refractivity contribution in [1.29, 1.82) is 0 Å². The van der Waals surface area contributed by atoms with E-state index >= 15 is 0 Å². The molecule has 8 rings (SSSR count). The largest absolute Gasteiger partial charge is 0.467 e. The summed E-state index contributed by atoms with van der Waals surface area (Å²) in [6.45, 7) is 2.44. The Morgan fingerprint density at radius 1 is 1.00 bits per heavy atom. The zero-order chi connectivity index (χ0) is 25.4. The number of nitrogens with zero attached hydrogens (tertiary/aromatic N) is 3. The highest BCUT2D eigenvalue weighted by atomic mass is 16.6. The van der Waals surface area contributed by atoms with Crippen LogP contribution in [0.15, 0.2) is 48.5 Å². The van der Waals surface area contributed by atoms with Crippen LogP contribution in [0.3, 0.4) is 0 Å². The van der Waals surface area contributed by atoms with Crippen molar-refractivity contribution in [3.05, 3.63) is 59.7 Å². The van der Waals surface area contributed by atoms with E-state index in [1.165, 1.54) is 7.11 Å². The minimum atomic E-state index is -1.39. The lowest BCUT2D eigenvalue weighted by Crippen LogP contribution is -2.57. The minimum absolute atomic E-state index is 0.0268. The number of carbonyl (C=O) groups excluding carboxylic acids is 2. The van der Waals surface area contributed by atoms with Crippen molar-refractivity contribution >= 4 is 55.5 Å². The summed E-state index contributed by atoms with van der Waals surface area (Å²) in [5.74, 6) is -0.447. The highest BCUT2D eigenvalue weighted by Gasteiger charge is 2.67. The molecule has 2 bridgehead atoms. The van der Waals surface area contributed by atoms with Crippen LogP contribution < -0.4 is 0 Å². The van der Waals surface area contributed by atoms with Crippen molar-refractivity contribution < 1.29 is 23.8 Å². The fourth-order valence-corrected chi connectivity index (χ4v) is 7.44. The van der Waals surface area contributed by atoms with Crippen LogP contribution in [0.1, 0.15) is 35.5 Å². The molecule has 1 fully saturated rings. The Labute approximate surface area is 211 Å². The fraction of sp³-hybridized carbons (Fsp3) is 0.310. The van der Waals surface area contributed by atoms with Gasteiger partial charge in [0.1, 0.15) is 6.23 Å². The monoisotopic (exact) mass is 495 g/mol. The molecule has 3 atom stereocenters. The van der Waals surface area contributed by atoms with Crippen LogP contribution in [0.25, 0.3) is 43.6 Å². The highest BCUT2D eigenvalue weighted by molar-refractivity contribution is 6.31. The first-order valence-electron chi connectivity index (χ1n) is 12.5. The van der Waals surface area contributed by atoms with Gasteiger partial charge in [-0.1, -0.05) is 36.4 Å². The zero-order valence-electron chi connectivity index (χ0n) is 21.0. The van der Waals surface area contributed by atoms with E-state index in [1.807, 2.05) is 44.3 Å². The van der Waals surface area contributed by atoms with E-state index in [9.17, 15) is 9.59 Å². The number of benzene rings is 3. The average Bonchev–Trinajstić information content (AvgIpc) is 3.58. The first kappa shape index (κ1) is 21.2. The van der Waals surface area contributed by atoms with Gasteiger partial charge in [0.15, 0.2) is 5.72 Å². The van der Waals surface area contributed by atoms with Gasteiger partial charge in [0, 0.05) is 48.7 Å². The zero-order valence-corrected chi connectivity index (χ0v) is 21.0. The van der Waals surface area contributed by atoms with Crippen LogP contribution in [-0.2, 0) is 31.3 Å². The Balaban J connectivity index is 1.72. The number of esters is 1. The van der Waals surface area contributed by atoms with Gasteiger partial charge in [0.2, 0.25) is 5.60 Å². The molecule has 5 heterocycles. The third kappa shape index (κ3) is 2.09. The first-order chi connectivity index (χ1) is 17.9. The summed E-state index contributed by atoms with van der Waals surface area (Å²) >= 11 is 0. The third-order valence-corrected chi connectivity index (χ3v) is 8.97. The van der Waals surface area contributed by atoms with Gasteiger partial charge in [-0.05, 0) is 24.6 Å². The number of carbonyl (C=O) groups is 2. The predicted octanol–water partition coefficient (Wildman–Crippen LogP) is 4.65. The number of hydrogen-bond acceptors (Lipinski definition) is 5. The number of hydrogen-bond donors (Lipinski definition) is 0. The van der Waals surface area contributed by atoms with Gasteiger partial charge in [-0.3, -0.25) is 4.79 Å². The van der Waals surface area contributed by atoms with Crippen LogP contribution >= 0.6 is 0 Å². The van der Waals surface area contributed by atoms with E-state index in [0.29, 0.717) is 6.54 Å². The lowest BCUT2D eigenvalue weighted by atomic mass is 9.88. The lowest BCUT2D eigenvalue weighted by molar-refractivity contribution is -0.210. The van der Waals surface area contributed by atoms with Gasteiger partial charge in [-0.2, -0.15) is 0 Å². The van der Waals surface area contributed by atoms with E-state index in [0.717, 1.165) is 54.7 Å². The van der Waals surface area contributed by atoms with E-state index < -0.39 is 23.5 Å². The summed E-state index contributed by atoms with van der Waals surface area (Å²) in [7, 11) is 4.79. The Hall–Kier alpha value is -3.88. The SMILES string of the molecule is COC(=O)[C@@]1(OC)C[C@H]2O[C@@]1(C)n1c3ccccc3c3c4c(c5c6ccccc6n2c5c31)C(=O)N(C)C4. The first-order valence-corrected chi connectivity index (χ1v) is 12.5. The number of aromatic nitrogens is 2. The molecule has 3 aromatic carbocycles. The molecule has 1 saturated heterocycles. The summed E-state index contributed by atoms with van der Waals surface area (Å²) < 4.78 is 22.7.